The topological polar surface area (TPSA) is 55.8 Å². The summed E-state index contributed by atoms with van der Waals surface area (Å²) in [4.78, 5) is 11.5. The zero-order valence-electron chi connectivity index (χ0n) is 15.0. The average Bonchev–Trinajstić information content (AvgIpc) is 2.89. The molecule has 1 heterocycles. The largest absolute Gasteiger partial charge is 0.483 e. The van der Waals surface area contributed by atoms with E-state index in [1.165, 1.54) is 13.2 Å². The molecule has 0 amide bonds. The van der Waals surface area contributed by atoms with Gasteiger partial charge in [0.2, 0.25) is 0 Å². The van der Waals surface area contributed by atoms with Gasteiger partial charge in [-0.2, -0.15) is 0 Å². The third kappa shape index (κ3) is 5.54. The molecule has 0 saturated carbocycles. The third-order valence-electron chi connectivity index (χ3n) is 4.29. The van der Waals surface area contributed by atoms with Gasteiger partial charge in [-0.1, -0.05) is 32.9 Å². The zero-order valence-corrected chi connectivity index (χ0v) is 15.0. The maximum absolute atomic E-state index is 11.5. The van der Waals surface area contributed by atoms with Crippen molar-refractivity contribution in [1.29, 1.82) is 0 Å². The number of rotatable bonds is 8. The number of esters is 1. The van der Waals surface area contributed by atoms with E-state index in [1.807, 2.05) is 6.08 Å². The Kier molecular flexibility index (Phi) is 7.56. The minimum absolute atomic E-state index is 0.316. The van der Waals surface area contributed by atoms with Crippen LogP contribution in [-0.4, -0.2) is 29.9 Å². The molecule has 0 radical (unpaired) electrons. The second-order valence-electron chi connectivity index (χ2n) is 6.07. The standard InChI is InChI=1S/C19H30O4/c1-6-15(10-9-14(4)20)12-19(8-3)13-16(7-2)17(23-19)11-18(21)22-5/h9-11,13-15,20H,6-8,12H2,1-5H3/t14-,15-,19+/m0/s1. The highest BCUT2D eigenvalue weighted by atomic mass is 16.5. The smallest absolute Gasteiger partial charge is 0.334 e. The van der Waals surface area contributed by atoms with Gasteiger partial charge in [0.25, 0.3) is 0 Å². The minimum atomic E-state index is -0.442. The van der Waals surface area contributed by atoms with Crippen molar-refractivity contribution in [1.82, 2.24) is 0 Å². The Labute approximate surface area is 139 Å². The Hall–Kier alpha value is -1.55. The van der Waals surface area contributed by atoms with Crippen LogP contribution < -0.4 is 0 Å². The van der Waals surface area contributed by atoms with Gasteiger partial charge in [-0.05, 0) is 50.2 Å². The third-order valence-corrected chi connectivity index (χ3v) is 4.29. The van der Waals surface area contributed by atoms with Gasteiger partial charge < -0.3 is 14.6 Å². The molecule has 3 atom stereocenters. The first-order chi connectivity index (χ1) is 10.9. The molecule has 23 heavy (non-hydrogen) atoms. The SMILES string of the molecule is CCC1=C[C@@](CC)(C[C@H](C=C[C@H](C)O)CC)OC1=CC(=O)OC. The minimum Gasteiger partial charge on any atom is -0.483 e. The van der Waals surface area contributed by atoms with Gasteiger partial charge in [-0.15, -0.1) is 0 Å². The molecule has 0 unspecified atom stereocenters. The van der Waals surface area contributed by atoms with Crippen LogP contribution in [0.1, 0.15) is 53.4 Å². The first-order valence-electron chi connectivity index (χ1n) is 8.46. The Morgan fingerprint density at radius 2 is 2.09 bits per heavy atom. The van der Waals surface area contributed by atoms with E-state index < -0.39 is 17.7 Å². The van der Waals surface area contributed by atoms with E-state index in [0.29, 0.717) is 11.7 Å². The number of ether oxygens (including phenoxy) is 2. The number of hydrogen-bond acceptors (Lipinski definition) is 4. The molecule has 4 heteroatoms. The molecular weight excluding hydrogens is 292 g/mol. The molecule has 0 aromatic rings. The predicted molar refractivity (Wildman–Crippen MR) is 91.8 cm³/mol. The van der Waals surface area contributed by atoms with Gasteiger partial charge in [-0.25, -0.2) is 4.79 Å². The lowest BCUT2D eigenvalue weighted by atomic mass is 9.86. The molecule has 1 N–H and O–H groups in total. The van der Waals surface area contributed by atoms with Gasteiger partial charge in [0, 0.05) is 0 Å². The van der Waals surface area contributed by atoms with E-state index in [0.717, 1.165) is 31.3 Å². The monoisotopic (exact) mass is 322 g/mol. The van der Waals surface area contributed by atoms with E-state index in [1.54, 1.807) is 6.92 Å². The summed E-state index contributed by atoms with van der Waals surface area (Å²) in [5.41, 5.74) is 0.654. The summed E-state index contributed by atoms with van der Waals surface area (Å²) in [6.07, 6.45) is 10.5. The fraction of sp³-hybridized carbons (Fsp3) is 0.632. The number of carbonyl (C=O) groups is 1. The first kappa shape index (κ1) is 19.5. The lowest BCUT2D eigenvalue weighted by Crippen LogP contribution is -2.28. The van der Waals surface area contributed by atoms with E-state index in [-0.39, 0.29) is 0 Å². The fourth-order valence-corrected chi connectivity index (χ4v) is 2.80. The van der Waals surface area contributed by atoms with Crippen molar-refractivity contribution in [2.45, 2.75) is 65.1 Å². The van der Waals surface area contributed by atoms with Gasteiger partial charge in [0.15, 0.2) is 0 Å². The van der Waals surface area contributed by atoms with Crippen LogP contribution in [0.4, 0.5) is 0 Å². The summed E-state index contributed by atoms with van der Waals surface area (Å²) in [5.74, 6) is 0.541. The molecule has 0 saturated heterocycles. The molecule has 0 bridgehead atoms. The predicted octanol–water partition coefficient (Wildman–Crippen LogP) is 3.91. The molecule has 1 rings (SSSR count). The van der Waals surface area contributed by atoms with Crippen LogP contribution >= 0.6 is 0 Å². The Morgan fingerprint density at radius 1 is 1.39 bits per heavy atom. The maximum atomic E-state index is 11.5. The molecule has 1 aliphatic rings. The molecular formula is C19H30O4. The van der Waals surface area contributed by atoms with Crippen molar-refractivity contribution in [3.05, 3.63) is 35.6 Å². The number of aliphatic hydroxyl groups is 1. The molecule has 0 aliphatic carbocycles. The fourth-order valence-electron chi connectivity index (χ4n) is 2.80. The Morgan fingerprint density at radius 3 is 2.57 bits per heavy atom. The van der Waals surface area contributed by atoms with Crippen LogP contribution in [0.3, 0.4) is 0 Å². The highest BCUT2D eigenvalue weighted by molar-refractivity contribution is 5.83. The average molecular weight is 322 g/mol. The van der Waals surface area contributed by atoms with Gasteiger partial charge in [0.1, 0.15) is 11.4 Å². The van der Waals surface area contributed by atoms with Crippen LogP contribution in [0.15, 0.2) is 35.6 Å². The summed E-state index contributed by atoms with van der Waals surface area (Å²) in [6.45, 7) is 8.02. The maximum Gasteiger partial charge on any atom is 0.334 e. The van der Waals surface area contributed by atoms with E-state index in [2.05, 4.69) is 32.9 Å². The number of allylic oxidation sites excluding steroid dienone is 2. The van der Waals surface area contributed by atoms with Gasteiger partial charge >= 0.3 is 5.97 Å². The summed E-state index contributed by atoms with van der Waals surface area (Å²) < 4.78 is 10.9. The molecule has 130 valence electrons. The Balaban J connectivity index is 2.99. The molecule has 4 nitrogen and oxygen atoms in total. The molecule has 1 aliphatic heterocycles. The number of hydrogen-bond donors (Lipinski definition) is 1. The first-order valence-corrected chi connectivity index (χ1v) is 8.46. The number of methoxy groups -OCH3 is 1. The van der Waals surface area contributed by atoms with Crippen LogP contribution in [0, 0.1) is 5.92 Å². The van der Waals surface area contributed by atoms with Crippen molar-refractivity contribution < 1.29 is 19.4 Å². The molecule has 0 fully saturated rings. The van der Waals surface area contributed by atoms with Crippen molar-refractivity contribution in [2.24, 2.45) is 5.92 Å². The summed E-state index contributed by atoms with van der Waals surface area (Å²) in [5, 5.41) is 9.44. The Bertz CT molecular complexity index is 488. The van der Waals surface area contributed by atoms with Crippen molar-refractivity contribution >= 4 is 5.97 Å². The molecule has 0 spiro atoms. The summed E-state index contributed by atoms with van der Waals surface area (Å²) >= 11 is 0. The van der Waals surface area contributed by atoms with Gasteiger partial charge in [0.05, 0.1) is 19.3 Å². The molecule has 0 aromatic heterocycles. The summed E-state index contributed by atoms with van der Waals surface area (Å²) in [6, 6.07) is 0. The second-order valence-corrected chi connectivity index (χ2v) is 6.07. The summed E-state index contributed by atoms with van der Waals surface area (Å²) in [7, 11) is 1.37. The zero-order chi connectivity index (χ0) is 17.5. The lowest BCUT2D eigenvalue weighted by molar-refractivity contribution is -0.135. The van der Waals surface area contributed by atoms with E-state index in [4.69, 9.17) is 9.47 Å². The van der Waals surface area contributed by atoms with Crippen LogP contribution in [0.5, 0.6) is 0 Å². The number of carbonyl (C=O) groups excluding carboxylic acids is 1. The van der Waals surface area contributed by atoms with E-state index in [9.17, 15) is 9.90 Å². The van der Waals surface area contributed by atoms with Crippen molar-refractivity contribution in [3.63, 3.8) is 0 Å². The van der Waals surface area contributed by atoms with Crippen LogP contribution in [0.25, 0.3) is 0 Å². The van der Waals surface area contributed by atoms with Gasteiger partial charge in [-0.3, -0.25) is 0 Å². The van der Waals surface area contributed by atoms with Crippen molar-refractivity contribution in [2.75, 3.05) is 7.11 Å². The van der Waals surface area contributed by atoms with Crippen LogP contribution in [0.2, 0.25) is 0 Å². The normalized spacial score (nSPS) is 25.3. The second kappa shape index (κ2) is 8.92. The lowest BCUT2D eigenvalue weighted by Gasteiger charge is -2.29. The quantitative estimate of drug-likeness (QED) is 0.418. The number of aliphatic hydroxyl groups excluding tert-OH is 1. The van der Waals surface area contributed by atoms with Crippen molar-refractivity contribution in [3.8, 4) is 0 Å². The van der Waals surface area contributed by atoms with E-state index >= 15 is 0 Å². The highest BCUT2D eigenvalue weighted by Crippen LogP contribution is 2.40. The van der Waals surface area contributed by atoms with Crippen LogP contribution in [-0.2, 0) is 14.3 Å². The molecule has 0 aromatic carbocycles. The highest BCUT2D eigenvalue weighted by Gasteiger charge is 2.37.